The second kappa shape index (κ2) is 11.4. The Labute approximate surface area is 216 Å². The Bertz CT molecular complexity index is 1290. The van der Waals surface area contributed by atoms with Gasteiger partial charge in [0.2, 0.25) is 0 Å². The predicted octanol–water partition coefficient (Wildman–Crippen LogP) is 7.34. The number of fused-ring (bicyclic) bond motifs is 2. The van der Waals surface area contributed by atoms with E-state index in [-0.39, 0.29) is 25.5 Å². The summed E-state index contributed by atoms with van der Waals surface area (Å²) >= 11 is 0. The van der Waals surface area contributed by atoms with Crippen molar-refractivity contribution in [3.8, 4) is 12.3 Å². The Hall–Kier alpha value is -4.33. The lowest BCUT2D eigenvalue weighted by molar-refractivity contribution is -0.113. The Morgan fingerprint density at radius 2 is 1.83 bits per heavy atom. The lowest BCUT2D eigenvalue weighted by Crippen LogP contribution is -2.28. The lowest BCUT2D eigenvalue weighted by atomic mass is 9.79. The predicted molar refractivity (Wildman–Crippen MR) is 142 cm³/mol. The molecule has 180 valence electrons. The van der Waals surface area contributed by atoms with Gasteiger partial charge in [-0.15, -0.1) is 12.2 Å². The van der Waals surface area contributed by atoms with Crippen LogP contribution in [-0.4, -0.2) is 17.1 Å². The molecule has 5 nitrogen and oxygen atoms in total. The minimum Gasteiger partial charge on any atom is -0.294 e. The number of ketones is 1. The molecule has 0 bridgehead atoms. The van der Waals surface area contributed by atoms with Crippen LogP contribution in [0.1, 0.15) is 59.2 Å². The molecule has 4 rings (SSSR count). The maximum Gasteiger partial charge on any atom is 0.517 e. The molecular weight excluding hydrogens is 444 g/mol. The van der Waals surface area contributed by atoms with Crippen molar-refractivity contribution in [2.24, 2.45) is 11.8 Å². The van der Waals surface area contributed by atoms with Crippen molar-refractivity contribution in [2.75, 3.05) is 0 Å². The highest BCUT2D eigenvalue weighted by atomic mass is 16.1. The highest BCUT2D eigenvalue weighted by Gasteiger charge is 2.54. The molecule has 0 spiro atoms. The van der Waals surface area contributed by atoms with E-state index in [1.165, 1.54) is 0 Å². The van der Waals surface area contributed by atoms with Crippen LogP contribution in [0.3, 0.4) is 0 Å². The quantitative estimate of drug-likeness (QED) is 0.182. The molecule has 0 saturated heterocycles. The number of hydrogen-bond donors (Lipinski definition) is 0. The highest BCUT2D eigenvalue weighted by molar-refractivity contribution is 5.97. The first-order valence-corrected chi connectivity index (χ1v) is 12.1. The van der Waals surface area contributed by atoms with E-state index < -0.39 is 11.3 Å². The number of rotatable bonds is 3. The second-order valence-electron chi connectivity index (χ2n) is 9.41. The molecule has 36 heavy (non-hydrogen) atoms. The van der Waals surface area contributed by atoms with E-state index in [1.54, 1.807) is 6.08 Å². The van der Waals surface area contributed by atoms with E-state index in [0.717, 1.165) is 60.8 Å². The number of carbonyl (C=O) groups is 1. The first-order chi connectivity index (χ1) is 17.4. The minimum absolute atomic E-state index is 0. The van der Waals surface area contributed by atoms with Gasteiger partial charge in [-0.25, -0.2) is 45.7 Å². The van der Waals surface area contributed by atoms with Crippen molar-refractivity contribution in [3.05, 3.63) is 111 Å². The van der Waals surface area contributed by atoms with E-state index in [9.17, 15) is 4.79 Å². The first kappa shape index (κ1) is 26.3. The molecule has 0 aromatic rings. The lowest BCUT2D eigenvalue weighted by Gasteiger charge is -2.21. The molecule has 0 aromatic carbocycles. The fraction of sp³-hybridized carbons (Fsp3) is 0.419. The van der Waals surface area contributed by atoms with Crippen molar-refractivity contribution in [2.45, 2.75) is 69.1 Å². The van der Waals surface area contributed by atoms with Crippen molar-refractivity contribution in [3.63, 3.8) is 0 Å². The SMILES string of the molecule is [2HH].[C-]#[N+]C(CC#C)([N+]#[C-])C1=CCCCC1C=C=C.[C-]#[N+]C1([N+]#[C-])CC2=CC(=O)CC2=CC2CCCC=C21. The summed E-state index contributed by atoms with van der Waals surface area (Å²) < 4.78 is 0. The van der Waals surface area contributed by atoms with Gasteiger partial charge in [-0.1, -0.05) is 30.7 Å². The van der Waals surface area contributed by atoms with Crippen LogP contribution in [0.15, 0.2) is 65.0 Å². The standard InChI is InChI=1S/C16H14N2O.C15H14N2.H2/c1-17-16(18-2)10-13-9-14(19)8-12(13)7-11-5-3-4-6-15(11)16;1-5-9-13-10-7-8-11-14(13)15(16-3,17-4)12-6-2;/h6-7,9,11H,3-5,8,10H2;2,9,11,13H,1,7-8,10,12H2;1H/i;;1+1. The van der Waals surface area contributed by atoms with E-state index in [0.29, 0.717) is 12.8 Å². The van der Waals surface area contributed by atoms with Crippen LogP contribution >= 0.6 is 0 Å². The fourth-order valence-electron chi connectivity index (χ4n) is 5.50. The highest BCUT2D eigenvalue weighted by Crippen LogP contribution is 2.47. The third kappa shape index (κ3) is 5.02. The van der Waals surface area contributed by atoms with Gasteiger partial charge in [0.05, 0.1) is 0 Å². The van der Waals surface area contributed by atoms with Crippen molar-refractivity contribution in [1.82, 2.24) is 0 Å². The molecule has 0 fully saturated rings. The van der Waals surface area contributed by atoms with Crippen molar-refractivity contribution < 1.29 is 6.22 Å². The fourth-order valence-corrected chi connectivity index (χ4v) is 5.50. The van der Waals surface area contributed by atoms with Gasteiger partial charge in [-0.3, -0.25) is 4.79 Å². The molecule has 4 aliphatic rings. The number of hydrogen-bond acceptors (Lipinski definition) is 1. The van der Waals surface area contributed by atoms with Gasteiger partial charge < -0.3 is 0 Å². The number of terminal acetylenes is 1. The number of carbonyl (C=O) groups excluding carboxylic acids is 1. The largest absolute Gasteiger partial charge is 0.517 e. The molecule has 2 unspecified atom stereocenters. The second-order valence-corrected chi connectivity index (χ2v) is 9.41. The summed E-state index contributed by atoms with van der Waals surface area (Å²) in [7, 11) is 0. The molecule has 5 heteroatoms. The molecule has 0 N–H and O–H groups in total. The van der Waals surface area contributed by atoms with Crippen LogP contribution in [0.2, 0.25) is 0 Å². The first-order valence-electron chi connectivity index (χ1n) is 12.1. The van der Waals surface area contributed by atoms with Crippen molar-refractivity contribution >= 4 is 5.78 Å². The summed E-state index contributed by atoms with van der Waals surface area (Å²) in [6.45, 7) is 33.2. The van der Waals surface area contributed by atoms with E-state index >= 15 is 0 Å². The van der Waals surface area contributed by atoms with Crippen molar-refractivity contribution in [1.29, 1.82) is 0 Å². The molecule has 0 saturated carbocycles. The number of nitrogens with zero attached hydrogens (tertiary/aromatic N) is 4. The van der Waals surface area contributed by atoms with E-state index in [1.807, 2.05) is 12.2 Å². The van der Waals surface area contributed by atoms with Gasteiger partial charge in [0.1, 0.15) is 17.6 Å². The molecule has 2 atom stereocenters. The van der Waals surface area contributed by atoms with Crippen LogP contribution in [0.25, 0.3) is 19.4 Å². The molecule has 0 aliphatic heterocycles. The van der Waals surface area contributed by atoms with Gasteiger partial charge >= 0.3 is 11.3 Å². The van der Waals surface area contributed by atoms with E-state index in [2.05, 4.69) is 49.8 Å². The monoisotopic (exact) mass is 475 g/mol. The molecule has 0 amide bonds. The zero-order valence-corrected chi connectivity index (χ0v) is 20.4. The van der Waals surface area contributed by atoms with Gasteiger partial charge in [0.15, 0.2) is 12.2 Å². The molecule has 0 aromatic heterocycles. The van der Waals surface area contributed by atoms with Crippen LogP contribution in [0.5, 0.6) is 0 Å². The summed E-state index contributed by atoms with van der Waals surface area (Å²) in [5.74, 6) is 2.81. The Balaban J connectivity index is 0.000000255. The molecule has 4 aliphatic carbocycles. The van der Waals surface area contributed by atoms with Crippen LogP contribution in [0.4, 0.5) is 0 Å². The maximum atomic E-state index is 11.6. The van der Waals surface area contributed by atoms with Crippen LogP contribution < -0.4 is 0 Å². The molecule has 0 radical (unpaired) electrons. The zero-order chi connectivity index (χ0) is 26.2. The zero-order valence-electron chi connectivity index (χ0n) is 20.4. The van der Waals surface area contributed by atoms with E-state index in [4.69, 9.17) is 32.7 Å². The third-order valence-electron chi connectivity index (χ3n) is 7.25. The third-order valence-corrected chi connectivity index (χ3v) is 7.25. The normalized spacial score (nSPS) is 23.6. The van der Waals surface area contributed by atoms with Crippen LogP contribution in [-0.2, 0) is 4.79 Å². The average Bonchev–Trinajstić information content (AvgIpc) is 3.19. The van der Waals surface area contributed by atoms with Crippen LogP contribution in [0, 0.1) is 50.5 Å². The molecular formula is C31H30N4O. The summed E-state index contributed by atoms with van der Waals surface area (Å²) in [5.41, 5.74) is 4.20. The maximum absolute atomic E-state index is 11.6. The summed E-state index contributed by atoms with van der Waals surface area (Å²) in [6, 6.07) is 0. The van der Waals surface area contributed by atoms with Gasteiger partial charge in [0.25, 0.3) is 0 Å². The Morgan fingerprint density at radius 1 is 1.14 bits per heavy atom. The average molecular weight is 476 g/mol. The molecule has 0 heterocycles. The van der Waals surface area contributed by atoms with Gasteiger partial charge in [-0.05, 0) is 61.8 Å². The topological polar surface area (TPSA) is 34.5 Å². The summed E-state index contributed by atoms with van der Waals surface area (Å²) in [5, 5.41) is 0. The summed E-state index contributed by atoms with van der Waals surface area (Å²) in [4.78, 5) is 25.9. The Kier molecular flexibility index (Phi) is 8.32. The number of allylic oxidation sites excluding steroid dienone is 6. The van der Waals surface area contributed by atoms with Gasteiger partial charge in [-0.2, -0.15) is 0 Å². The Morgan fingerprint density at radius 3 is 2.47 bits per heavy atom. The minimum atomic E-state index is -1.22. The van der Waals surface area contributed by atoms with Gasteiger partial charge in [0, 0.05) is 19.7 Å². The smallest absolute Gasteiger partial charge is 0.294 e. The summed E-state index contributed by atoms with van der Waals surface area (Å²) in [6.07, 6.45) is 21.9.